The molecule has 0 bridgehead atoms. The van der Waals surface area contributed by atoms with E-state index in [0.717, 1.165) is 27.9 Å². The van der Waals surface area contributed by atoms with Gasteiger partial charge in [-0.25, -0.2) is 9.78 Å². The quantitative estimate of drug-likeness (QED) is 0.548. The number of aromatic carboxylic acids is 1. The van der Waals surface area contributed by atoms with Gasteiger partial charge in [-0.1, -0.05) is 30.3 Å². The summed E-state index contributed by atoms with van der Waals surface area (Å²) in [5, 5.41) is 10.3. The summed E-state index contributed by atoms with van der Waals surface area (Å²) in [4.78, 5) is 15.6. The third-order valence-corrected chi connectivity index (χ3v) is 4.88. The average molecular weight is 372 g/mol. The molecule has 1 N–H and O–H groups in total. The van der Waals surface area contributed by atoms with Crippen LogP contribution in [0.1, 0.15) is 21.7 Å². The maximum absolute atomic E-state index is 11.3. The van der Waals surface area contributed by atoms with Crippen LogP contribution in [0.5, 0.6) is 5.75 Å². The van der Waals surface area contributed by atoms with Crippen molar-refractivity contribution in [1.29, 1.82) is 0 Å². The van der Waals surface area contributed by atoms with Crippen LogP contribution in [-0.2, 0) is 6.54 Å². The topological polar surface area (TPSA) is 64.3 Å². The molecule has 0 saturated heterocycles. The Hall–Kier alpha value is -3.60. The number of ether oxygens (including phenoxy) is 1. The van der Waals surface area contributed by atoms with E-state index in [1.54, 1.807) is 13.2 Å². The molecule has 4 aromatic rings. The van der Waals surface area contributed by atoms with Crippen LogP contribution in [0.25, 0.3) is 22.2 Å². The number of rotatable bonds is 5. The molecule has 2 aromatic heterocycles. The van der Waals surface area contributed by atoms with Crippen LogP contribution in [0.3, 0.4) is 0 Å². The molecule has 2 heterocycles. The van der Waals surface area contributed by atoms with Crippen LogP contribution in [0.2, 0.25) is 0 Å². The Balaban J connectivity index is 1.90. The molecule has 4 rings (SSSR count). The van der Waals surface area contributed by atoms with Crippen molar-refractivity contribution >= 4 is 16.9 Å². The molecule has 0 saturated carbocycles. The lowest BCUT2D eigenvalue weighted by molar-refractivity contribution is 0.0690. The smallest absolute Gasteiger partial charge is 0.354 e. The van der Waals surface area contributed by atoms with Gasteiger partial charge in [0.1, 0.15) is 11.4 Å². The Kier molecular flexibility index (Phi) is 4.57. The number of pyridine rings is 1. The van der Waals surface area contributed by atoms with Crippen LogP contribution < -0.4 is 4.74 Å². The van der Waals surface area contributed by atoms with Crippen molar-refractivity contribution in [3.05, 3.63) is 83.7 Å². The summed E-state index contributed by atoms with van der Waals surface area (Å²) in [6.45, 7) is 2.56. The van der Waals surface area contributed by atoms with Gasteiger partial charge in [0.2, 0.25) is 0 Å². The molecule has 5 heteroatoms. The number of fused-ring (bicyclic) bond motifs is 1. The molecule has 0 fully saturated rings. The summed E-state index contributed by atoms with van der Waals surface area (Å²) in [5.41, 5.74) is 5.15. The maximum Gasteiger partial charge on any atom is 0.354 e. The second-order valence-corrected chi connectivity index (χ2v) is 6.67. The van der Waals surface area contributed by atoms with Crippen LogP contribution in [0.4, 0.5) is 0 Å². The molecule has 0 aliphatic heterocycles. The highest BCUT2D eigenvalue weighted by molar-refractivity contribution is 5.89. The molecule has 28 heavy (non-hydrogen) atoms. The molecule has 5 nitrogen and oxygen atoms in total. The van der Waals surface area contributed by atoms with Gasteiger partial charge in [-0.15, -0.1) is 0 Å². The number of carboxylic acids is 1. The number of hydrogen-bond acceptors (Lipinski definition) is 3. The van der Waals surface area contributed by atoms with Crippen molar-refractivity contribution in [2.75, 3.05) is 7.11 Å². The summed E-state index contributed by atoms with van der Waals surface area (Å²) >= 11 is 0. The SMILES string of the molecule is COc1ccc2c(c1)cc(-c1ccccc1C)n2Cc1cccc(C(=O)O)n1. The van der Waals surface area contributed by atoms with Gasteiger partial charge in [0.25, 0.3) is 0 Å². The van der Waals surface area contributed by atoms with Gasteiger partial charge in [-0.3, -0.25) is 0 Å². The first-order chi connectivity index (χ1) is 13.6. The minimum absolute atomic E-state index is 0.0491. The van der Waals surface area contributed by atoms with Crippen molar-refractivity contribution in [3.63, 3.8) is 0 Å². The number of benzene rings is 2. The molecular formula is C23H20N2O3. The molecule has 0 aliphatic carbocycles. The van der Waals surface area contributed by atoms with Crippen LogP contribution >= 0.6 is 0 Å². The summed E-state index contributed by atoms with van der Waals surface area (Å²) in [5.74, 6) is -0.227. The first kappa shape index (κ1) is 17.8. The van der Waals surface area contributed by atoms with E-state index in [0.29, 0.717) is 12.2 Å². The third-order valence-electron chi connectivity index (χ3n) is 4.88. The van der Waals surface area contributed by atoms with E-state index in [4.69, 9.17) is 4.74 Å². The van der Waals surface area contributed by atoms with Gasteiger partial charge < -0.3 is 14.4 Å². The summed E-state index contributed by atoms with van der Waals surface area (Å²) in [6.07, 6.45) is 0. The van der Waals surface area contributed by atoms with Crippen LogP contribution in [-0.4, -0.2) is 27.7 Å². The Labute approximate surface area is 162 Å². The largest absolute Gasteiger partial charge is 0.497 e. The predicted molar refractivity (Wildman–Crippen MR) is 109 cm³/mol. The van der Waals surface area contributed by atoms with E-state index in [2.05, 4.69) is 34.7 Å². The first-order valence-corrected chi connectivity index (χ1v) is 8.99. The molecule has 0 spiro atoms. The standard InChI is InChI=1S/C23H20N2O3/c1-15-6-3-4-8-19(15)22-13-16-12-18(28-2)10-11-21(16)25(22)14-17-7-5-9-20(24-17)23(26)27/h3-13H,14H2,1-2H3,(H,26,27). The zero-order valence-corrected chi connectivity index (χ0v) is 15.7. The lowest BCUT2D eigenvalue weighted by Crippen LogP contribution is -2.07. The van der Waals surface area contributed by atoms with E-state index < -0.39 is 5.97 Å². The van der Waals surface area contributed by atoms with Crippen molar-refractivity contribution < 1.29 is 14.6 Å². The van der Waals surface area contributed by atoms with Crippen molar-refractivity contribution in [1.82, 2.24) is 9.55 Å². The van der Waals surface area contributed by atoms with Crippen molar-refractivity contribution in [2.45, 2.75) is 13.5 Å². The first-order valence-electron chi connectivity index (χ1n) is 8.99. The Bertz CT molecular complexity index is 1180. The number of aromatic nitrogens is 2. The maximum atomic E-state index is 11.3. The van der Waals surface area contributed by atoms with Crippen molar-refractivity contribution in [2.24, 2.45) is 0 Å². The van der Waals surface area contributed by atoms with E-state index >= 15 is 0 Å². The second-order valence-electron chi connectivity index (χ2n) is 6.67. The fourth-order valence-electron chi connectivity index (χ4n) is 3.48. The molecule has 0 amide bonds. The van der Waals surface area contributed by atoms with Gasteiger partial charge >= 0.3 is 5.97 Å². The van der Waals surface area contributed by atoms with E-state index in [-0.39, 0.29) is 5.69 Å². The molecule has 140 valence electrons. The molecule has 0 radical (unpaired) electrons. The van der Waals surface area contributed by atoms with Gasteiger partial charge in [0, 0.05) is 22.2 Å². The average Bonchev–Trinajstić information content (AvgIpc) is 3.05. The minimum atomic E-state index is -1.02. The predicted octanol–water partition coefficient (Wildman–Crippen LogP) is 4.77. The molecule has 0 unspecified atom stereocenters. The Morgan fingerprint density at radius 2 is 1.89 bits per heavy atom. The van der Waals surface area contributed by atoms with Gasteiger partial charge in [0.15, 0.2) is 0 Å². The summed E-state index contributed by atoms with van der Waals surface area (Å²) in [6, 6.07) is 21.4. The number of aryl methyl sites for hydroxylation is 1. The van der Waals surface area contributed by atoms with E-state index in [1.165, 1.54) is 11.6 Å². The number of carboxylic acid groups (broad SMARTS) is 1. The molecular weight excluding hydrogens is 352 g/mol. The van der Waals surface area contributed by atoms with Gasteiger partial charge in [0.05, 0.1) is 19.3 Å². The summed E-state index contributed by atoms with van der Waals surface area (Å²) < 4.78 is 7.55. The fourth-order valence-corrected chi connectivity index (χ4v) is 3.48. The Morgan fingerprint density at radius 1 is 1.07 bits per heavy atom. The summed E-state index contributed by atoms with van der Waals surface area (Å²) in [7, 11) is 1.65. The zero-order valence-electron chi connectivity index (χ0n) is 15.7. The van der Waals surface area contributed by atoms with Crippen LogP contribution in [0, 0.1) is 6.92 Å². The van der Waals surface area contributed by atoms with Gasteiger partial charge in [-0.2, -0.15) is 0 Å². The highest BCUT2D eigenvalue weighted by Gasteiger charge is 2.15. The number of hydrogen-bond donors (Lipinski definition) is 1. The lowest BCUT2D eigenvalue weighted by atomic mass is 10.1. The lowest BCUT2D eigenvalue weighted by Gasteiger charge is -2.13. The highest BCUT2D eigenvalue weighted by atomic mass is 16.5. The van der Waals surface area contributed by atoms with Crippen LogP contribution in [0.15, 0.2) is 66.7 Å². The number of carbonyl (C=O) groups is 1. The zero-order chi connectivity index (χ0) is 19.7. The number of nitrogens with zero attached hydrogens (tertiary/aromatic N) is 2. The van der Waals surface area contributed by atoms with E-state index in [1.807, 2.05) is 36.4 Å². The monoisotopic (exact) mass is 372 g/mol. The van der Waals surface area contributed by atoms with Gasteiger partial charge in [-0.05, 0) is 48.9 Å². The number of methoxy groups -OCH3 is 1. The highest BCUT2D eigenvalue weighted by Crippen LogP contribution is 2.32. The second kappa shape index (κ2) is 7.19. The van der Waals surface area contributed by atoms with E-state index in [9.17, 15) is 9.90 Å². The molecule has 0 atom stereocenters. The molecule has 2 aromatic carbocycles. The molecule has 0 aliphatic rings. The normalized spacial score (nSPS) is 10.9. The minimum Gasteiger partial charge on any atom is -0.497 e. The Morgan fingerprint density at radius 3 is 2.64 bits per heavy atom. The third kappa shape index (κ3) is 3.22. The fraction of sp³-hybridized carbons (Fsp3) is 0.130. The van der Waals surface area contributed by atoms with Crippen molar-refractivity contribution in [3.8, 4) is 17.0 Å².